The molecule has 2 aliphatic rings. The van der Waals surface area contributed by atoms with Crippen molar-refractivity contribution in [2.24, 2.45) is 5.92 Å². The van der Waals surface area contributed by atoms with E-state index in [0.29, 0.717) is 46.0 Å². The molecule has 1 aliphatic carbocycles. The van der Waals surface area contributed by atoms with Crippen LogP contribution >= 0.6 is 23.4 Å². The average molecular weight is 594 g/mol. The molecule has 11 nitrogen and oxygen atoms in total. The quantitative estimate of drug-likeness (QED) is 0.221. The number of H-pyrrole nitrogens is 1. The maximum Gasteiger partial charge on any atom is 0.238 e. The molecular weight excluding hydrogens is 562 g/mol. The van der Waals surface area contributed by atoms with E-state index < -0.39 is 0 Å². The molecule has 6 rings (SSSR count). The summed E-state index contributed by atoms with van der Waals surface area (Å²) in [7, 11) is 0. The van der Waals surface area contributed by atoms with Gasteiger partial charge < -0.3 is 16.0 Å². The Kier molecular flexibility index (Phi) is 8.13. The zero-order valence-electron chi connectivity index (χ0n) is 22.7. The lowest BCUT2D eigenvalue weighted by Crippen LogP contribution is -2.39. The molecule has 13 heteroatoms. The van der Waals surface area contributed by atoms with E-state index in [-0.39, 0.29) is 24.3 Å². The van der Waals surface area contributed by atoms with E-state index in [2.05, 4.69) is 41.0 Å². The van der Waals surface area contributed by atoms with Crippen molar-refractivity contribution in [3.63, 3.8) is 0 Å². The number of likely N-dealkylation sites (tertiary alicyclic amines) is 1. The fourth-order valence-corrected chi connectivity index (χ4v) is 6.37. The van der Waals surface area contributed by atoms with Crippen LogP contribution in [0.1, 0.15) is 37.8 Å². The van der Waals surface area contributed by atoms with Crippen LogP contribution in [0.3, 0.4) is 0 Å². The van der Waals surface area contributed by atoms with E-state index in [1.54, 1.807) is 10.5 Å². The lowest BCUT2D eigenvalue weighted by atomic mass is 10.1. The number of aromatic amines is 1. The number of hydrogen-bond donors (Lipinski definition) is 4. The normalized spacial score (nSPS) is 17.8. The molecule has 4 heterocycles. The first-order valence-electron chi connectivity index (χ1n) is 13.8. The molecule has 4 N–H and O–H groups in total. The summed E-state index contributed by atoms with van der Waals surface area (Å²) >= 11 is 7.78. The van der Waals surface area contributed by atoms with Crippen LogP contribution in [0.2, 0.25) is 5.15 Å². The topological polar surface area (TPSA) is 132 Å². The Bertz CT molecular complexity index is 1550. The number of carbonyl (C=O) groups excluding carboxylic acids is 2. The van der Waals surface area contributed by atoms with Gasteiger partial charge in [-0.3, -0.25) is 24.0 Å². The highest BCUT2D eigenvalue weighted by molar-refractivity contribution is 7.99. The molecule has 0 radical (unpaired) electrons. The van der Waals surface area contributed by atoms with E-state index >= 15 is 0 Å². The fourth-order valence-electron chi connectivity index (χ4n) is 5.38. The number of rotatable bonds is 9. The highest BCUT2D eigenvalue weighted by Gasteiger charge is 2.31. The molecule has 4 aromatic rings. The monoisotopic (exact) mass is 593 g/mol. The molecule has 0 spiro atoms. The van der Waals surface area contributed by atoms with E-state index in [1.807, 2.05) is 43.3 Å². The number of carbonyl (C=O) groups is 2. The molecule has 1 aromatic carbocycles. The van der Waals surface area contributed by atoms with Crippen molar-refractivity contribution in [2.45, 2.75) is 55.1 Å². The number of halogens is 1. The Morgan fingerprint density at radius 3 is 2.66 bits per heavy atom. The first-order chi connectivity index (χ1) is 19.9. The zero-order valence-corrected chi connectivity index (χ0v) is 24.3. The van der Waals surface area contributed by atoms with Gasteiger partial charge in [0.1, 0.15) is 10.8 Å². The van der Waals surface area contributed by atoms with Crippen LogP contribution in [0, 0.1) is 12.8 Å². The lowest BCUT2D eigenvalue weighted by Gasteiger charge is -2.17. The largest absolute Gasteiger partial charge is 0.353 e. The van der Waals surface area contributed by atoms with Gasteiger partial charge in [0, 0.05) is 34.9 Å². The predicted octanol–water partition coefficient (Wildman–Crippen LogP) is 4.63. The van der Waals surface area contributed by atoms with E-state index in [9.17, 15) is 9.59 Å². The third-order valence-corrected chi connectivity index (χ3v) is 8.61. The molecule has 1 atom stereocenters. The van der Waals surface area contributed by atoms with Crippen LogP contribution in [0.25, 0.3) is 5.65 Å². The summed E-state index contributed by atoms with van der Waals surface area (Å²) in [5, 5.41) is 17.5. The Hall–Kier alpha value is -3.61. The van der Waals surface area contributed by atoms with E-state index in [1.165, 1.54) is 24.6 Å². The van der Waals surface area contributed by atoms with Crippen molar-refractivity contribution >= 4 is 58.3 Å². The fraction of sp³-hybridized carbons (Fsp3) is 0.393. The standard InChI is InChI=1S/C28H32ClN9O2S/c1-17-14-23(36-35-17)32-27-34-28(33-24-11-10-22(29)38(24)27)41-21-8-6-20(7-9-21)30-25(39)16-37-13-12-18(15-37)26(40)31-19-4-2-3-5-19/h6-11,14,18-19H,2-5,12-13,15-16H2,1H3,(H,30,39)(H,31,40)(H2,32,33,34,35,36). The van der Waals surface area contributed by atoms with Gasteiger partial charge in [0.05, 0.1) is 12.5 Å². The molecule has 0 bridgehead atoms. The van der Waals surface area contributed by atoms with Crippen LogP contribution in [0.4, 0.5) is 17.5 Å². The van der Waals surface area contributed by atoms with Crippen molar-refractivity contribution in [3.8, 4) is 0 Å². The van der Waals surface area contributed by atoms with Crippen LogP contribution in [-0.2, 0) is 9.59 Å². The molecular formula is C28H32ClN9O2S. The van der Waals surface area contributed by atoms with Crippen molar-refractivity contribution in [3.05, 3.63) is 53.3 Å². The van der Waals surface area contributed by atoms with Gasteiger partial charge in [0.15, 0.2) is 11.0 Å². The second kappa shape index (κ2) is 12.1. The molecule has 2 fully saturated rings. The molecule has 1 saturated carbocycles. The number of benzene rings is 1. The van der Waals surface area contributed by atoms with Crippen LogP contribution < -0.4 is 16.0 Å². The Morgan fingerprint density at radius 1 is 1.10 bits per heavy atom. The van der Waals surface area contributed by atoms with Gasteiger partial charge in [-0.25, -0.2) is 4.98 Å². The zero-order chi connectivity index (χ0) is 28.3. The number of nitrogens with one attached hydrogen (secondary N) is 4. The van der Waals surface area contributed by atoms with Gasteiger partial charge >= 0.3 is 0 Å². The van der Waals surface area contributed by atoms with Gasteiger partial charge in [-0.05, 0) is 80.9 Å². The minimum Gasteiger partial charge on any atom is -0.353 e. The summed E-state index contributed by atoms with van der Waals surface area (Å²) in [5.74, 6) is 1.13. The molecule has 1 aliphatic heterocycles. The van der Waals surface area contributed by atoms with Crippen LogP contribution in [-0.4, -0.2) is 67.0 Å². The summed E-state index contributed by atoms with van der Waals surface area (Å²) in [5.41, 5.74) is 2.29. The number of anilines is 3. The number of aryl methyl sites for hydroxylation is 1. The summed E-state index contributed by atoms with van der Waals surface area (Å²) in [4.78, 5) is 37.6. The van der Waals surface area contributed by atoms with E-state index in [4.69, 9.17) is 11.6 Å². The van der Waals surface area contributed by atoms with Crippen LogP contribution in [0.5, 0.6) is 0 Å². The number of hydrogen-bond acceptors (Lipinski definition) is 8. The van der Waals surface area contributed by atoms with Crippen LogP contribution in [0.15, 0.2) is 52.5 Å². The number of aromatic nitrogens is 5. The predicted molar refractivity (Wildman–Crippen MR) is 159 cm³/mol. The minimum atomic E-state index is -0.0922. The third kappa shape index (κ3) is 6.66. The number of amides is 2. The van der Waals surface area contributed by atoms with Gasteiger partial charge in [0.25, 0.3) is 0 Å². The lowest BCUT2D eigenvalue weighted by molar-refractivity contribution is -0.125. The molecule has 1 unspecified atom stereocenters. The summed E-state index contributed by atoms with van der Waals surface area (Å²) in [6.45, 7) is 3.56. The second-order valence-electron chi connectivity index (χ2n) is 10.6. The molecule has 214 valence electrons. The van der Waals surface area contributed by atoms with Gasteiger partial charge in [-0.1, -0.05) is 24.4 Å². The van der Waals surface area contributed by atoms with Crippen molar-refractivity contribution < 1.29 is 9.59 Å². The smallest absolute Gasteiger partial charge is 0.238 e. The highest BCUT2D eigenvalue weighted by atomic mass is 35.5. The van der Waals surface area contributed by atoms with Gasteiger partial charge in [-0.2, -0.15) is 10.1 Å². The summed E-state index contributed by atoms with van der Waals surface area (Å²) in [6.07, 6.45) is 5.34. The second-order valence-corrected chi connectivity index (χ2v) is 12.1. The average Bonchev–Trinajstić information content (AvgIpc) is 3.75. The maximum atomic E-state index is 12.7. The first kappa shape index (κ1) is 27.6. The third-order valence-electron chi connectivity index (χ3n) is 7.44. The van der Waals surface area contributed by atoms with Gasteiger partial charge in [0.2, 0.25) is 17.8 Å². The summed E-state index contributed by atoms with van der Waals surface area (Å²) in [6, 6.07) is 13.4. The molecule has 2 amide bonds. The van der Waals surface area contributed by atoms with E-state index in [0.717, 1.165) is 36.4 Å². The maximum absolute atomic E-state index is 12.7. The number of nitrogens with zero attached hydrogens (tertiary/aromatic N) is 5. The molecule has 1 saturated heterocycles. The van der Waals surface area contributed by atoms with Gasteiger partial charge in [-0.15, -0.1) is 0 Å². The van der Waals surface area contributed by atoms with Crippen molar-refractivity contribution in [1.29, 1.82) is 0 Å². The Morgan fingerprint density at radius 2 is 1.90 bits per heavy atom. The van der Waals surface area contributed by atoms with Crippen molar-refractivity contribution in [1.82, 2.24) is 34.8 Å². The first-order valence-corrected chi connectivity index (χ1v) is 15.0. The summed E-state index contributed by atoms with van der Waals surface area (Å²) < 4.78 is 1.72. The molecule has 41 heavy (non-hydrogen) atoms. The SMILES string of the molecule is Cc1cc(Nc2nc(Sc3ccc(NC(=O)CN4CCC(C(=O)NC5CCCC5)C4)cc3)nc3ccc(Cl)n23)n[nH]1. The number of fused-ring (bicyclic) bond motifs is 1. The molecule has 3 aromatic heterocycles. The Balaban J connectivity index is 1.04. The minimum absolute atomic E-state index is 0.0388. The highest BCUT2D eigenvalue weighted by Crippen LogP contribution is 2.30. The Labute approximate surface area is 246 Å². The van der Waals surface area contributed by atoms with Crippen molar-refractivity contribution in [2.75, 3.05) is 30.3 Å².